The first-order valence-electron chi connectivity index (χ1n) is 11.5. The number of nitrogens with two attached hydrogens (primary N) is 3. The zero-order valence-electron chi connectivity index (χ0n) is 20.3. The molecule has 206 valence electrons. The molecule has 0 aliphatic heterocycles. The molecular formula is C23H31N7O8. The average Bonchev–Trinajstić information content (AvgIpc) is 3.27. The van der Waals surface area contributed by atoms with E-state index >= 15 is 0 Å². The van der Waals surface area contributed by atoms with Crippen molar-refractivity contribution in [2.45, 2.75) is 49.9 Å². The van der Waals surface area contributed by atoms with Crippen molar-refractivity contribution in [3.63, 3.8) is 0 Å². The maximum absolute atomic E-state index is 13.0. The van der Waals surface area contributed by atoms with Crippen LogP contribution in [0.5, 0.6) is 0 Å². The molecule has 38 heavy (non-hydrogen) atoms. The van der Waals surface area contributed by atoms with E-state index in [1.807, 2.05) is 0 Å². The van der Waals surface area contributed by atoms with Crippen LogP contribution in [0.2, 0.25) is 0 Å². The second-order valence-corrected chi connectivity index (χ2v) is 8.55. The molecule has 2 rings (SSSR count). The number of rotatable bonds is 15. The highest BCUT2D eigenvalue weighted by Gasteiger charge is 2.31. The van der Waals surface area contributed by atoms with Gasteiger partial charge in [-0.1, -0.05) is 18.2 Å². The lowest BCUT2D eigenvalue weighted by atomic mass is 10.0. The molecule has 4 unspecified atom stereocenters. The van der Waals surface area contributed by atoms with Crippen LogP contribution in [0.1, 0.15) is 24.8 Å². The number of primary amides is 2. The zero-order valence-corrected chi connectivity index (χ0v) is 20.3. The van der Waals surface area contributed by atoms with Crippen molar-refractivity contribution in [1.29, 1.82) is 0 Å². The van der Waals surface area contributed by atoms with Gasteiger partial charge in [0.25, 0.3) is 0 Å². The number of hydrogen-bond acceptors (Lipinski definition) is 8. The van der Waals surface area contributed by atoms with Crippen LogP contribution in [0.4, 0.5) is 0 Å². The molecule has 1 heterocycles. The van der Waals surface area contributed by atoms with E-state index in [-0.39, 0.29) is 19.3 Å². The fraction of sp³-hybridized carbons (Fsp3) is 0.391. The molecule has 0 saturated heterocycles. The Hall–Kier alpha value is -4.50. The molecule has 5 amide bonds. The van der Waals surface area contributed by atoms with E-state index < -0.39 is 72.7 Å². The Bertz CT molecular complexity index is 1200. The van der Waals surface area contributed by atoms with Crippen molar-refractivity contribution in [2.75, 3.05) is 6.61 Å². The van der Waals surface area contributed by atoms with Crippen molar-refractivity contribution in [2.24, 2.45) is 17.2 Å². The number of hydrogen-bond donors (Lipinski definition) is 9. The van der Waals surface area contributed by atoms with Crippen LogP contribution >= 0.6 is 0 Å². The smallest absolute Gasteiger partial charge is 0.326 e. The number of benzene rings is 1. The summed E-state index contributed by atoms with van der Waals surface area (Å²) in [6.07, 6.45) is 0.195. The Kier molecular flexibility index (Phi) is 10.7. The second-order valence-electron chi connectivity index (χ2n) is 8.55. The van der Waals surface area contributed by atoms with E-state index in [0.29, 0.717) is 5.56 Å². The minimum atomic E-state index is -1.61. The number of carboxylic acid groups (broad SMARTS) is 1. The lowest BCUT2D eigenvalue weighted by molar-refractivity contribution is -0.142. The number of fused-ring (bicyclic) bond motifs is 1. The van der Waals surface area contributed by atoms with Crippen molar-refractivity contribution in [3.05, 3.63) is 36.0 Å². The predicted molar refractivity (Wildman–Crippen MR) is 133 cm³/mol. The van der Waals surface area contributed by atoms with E-state index in [9.17, 15) is 33.9 Å². The number of aliphatic carboxylic acids is 1. The number of carbonyl (C=O) groups excluding carboxylic acids is 5. The molecule has 0 fully saturated rings. The van der Waals surface area contributed by atoms with E-state index in [0.717, 1.165) is 10.9 Å². The van der Waals surface area contributed by atoms with E-state index in [1.165, 1.54) is 0 Å². The quantitative estimate of drug-likeness (QED) is 0.111. The van der Waals surface area contributed by atoms with Crippen LogP contribution in [0.15, 0.2) is 30.5 Å². The number of aromatic amines is 1. The highest BCUT2D eigenvalue weighted by Crippen LogP contribution is 2.19. The summed E-state index contributed by atoms with van der Waals surface area (Å²) in [7, 11) is 0. The minimum absolute atomic E-state index is 0.112. The zero-order chi connectivity index (χ0) is 28.4. The first kappa shape index (κ1) is 29.7. The number of H-pyrrole nitrogens is 1. The number of carbonyl (C=O) groups is 6. The fourth-order valence-electron chi connectivity index (χ4n) is 3.59. The molecule has 0 aliphatic rings. The molecule has 0 saturated carbocycles. The van der Waals surface area contributed by atoms with Gasteiger partial charge in [0, 0.05) is 29.9 Å². The van der Waals surface area contributed by atoms with Crippen LogP contribution < -0.4 is 33.2 Å². The van der Waals surface area contributed by atoms with Crippen LogP contribution in [0.3, 0.4) is 0 Å². The number of aliphatic hydroxyl groups is 1. The standard InChI is InChI=1S/C23H31N7O8/c24-13(10-31)20(34)28-15(5-6-18(25)32)21(35)29-16(8-19(26)33)22(36)30-17(23(37)38)7-11-9-27-14-4-2-1-3-12(11)14/h1-4,9,13,15-17,27,31H,5-8,10,24H2,(H2,25,32)(H2,26,33)(H,28,34)(H,29,35)(H,30,36)(H,37,38). The SMILES string of the molecule is NC(=O)CCC(NC(=O)C(N)CO)C(=O)NC(CC(N)=O)C(=O)NC(Cc1c[nH]c2ccccc12)C(=O)O. The molecule has 1 aromatic heterocycles. The first-order chi connectivity index (χ1) is 17.9. The summed E-state index contributed by atoms with van der Waals surface area (Å²) in [5.41, 5.74) is 17.1. The number of amides is 5. The molecule has 12 N–H and O–H groups in total. The van der Waals surface area contributed by atoms with Gasteiger partial charge in [-0.3, -0.25) is 24.0 Å². The number of nitrogens with one attached hydrogen (secondary N) is 4. The summed E-state index contributed by atoms with van der Waals surface area (Å²) in [4.78, 5) is 75.7. The number of para-hydroxylation sites is 1. The Balaban J connectivity index is 2.19. The summed E-state index contributed by atoms with van der Waals surface area (Å²) in [6.45, 7) is -0.726. The third-order valence-corrected chi connectivity index (χ3v) is 5.60. The van der Waals surface area contributed by atoms with E-state index in [2.05, 4.69) is 20.9 Å². The average molecular weight is 534 g/mol. The maximum Gasteiger partial charge on any atom is 0.326 e. The lowest BCUT2D eigenvalue weighted by Crippen LogP contribution is -2.58. The van der Waals surface area contributed by atoms with Gasteiger partial charge in [-0.25, -0.2) is 4.79 Å². The third-order valence-electron chi connectivity index (χ3n) is 5.60. The fourth-order valence-corrected chi connectivity index (χ4v) is 3.59. The molecule has 0 aliphatic carbocycles. The summed E-state index contributed by atoms with van der Waals surface area (Å²) >= 11 is 0. The largest absolute Gasteiger partial charge is 0.480 e. The van der Waals surface area contributed by atoms with Crippen LogP contribution in [0.25, 0.3) is 10.9 Å². The molecule has 0 radical (unpaired) electrons. The van der Waals surface area contributed by atoms with Gasteiger partial charge in [0.2, 0.25) is 29.5 Å². The normalized spacial score (nSPS) is 14.1. The van der Waals surface area contributed by atoms with Crippen molar-refractivity contribution >= 4 is 46.4 Å². The van der Waals surface area contributed by atoms with Gasteiger partial charge in [0.05, 0.1) is 13.0 Å². The summed E-state index contributed by atoms with van der Waals surface area (Å²) in [5, 5.41) is 26.3. The van der Waals surface area contributed by atoms with Crippen LogP contribution in [0, 0.1) is 0 Å². The molecule has 2 aromatic rings. The monoisotopic (exact) mass is 533 g/mol. The van der Waals surface area contributed by atoms with Gasteiger partial charge in [0.1, 0.15) is 24.2 Å². The van der Waals surface area contributed by atoms with Gasteiger partial charge in [0.15, 0.2) is 0 Å². The molecule has 0 bridgehead atoms. The van der Waals surface area contributed by atoms with Crippen molar-refractivity contribution in [1.82, 2.24) is 20.9 Å². The van der Waals surface area contributed by atoms with E-state index in [1.54, 1.807) is 30.5 Å². The Morgan fingerprint density at radius 3 is 2.08 bits per heavy atom. The Labute approximate surface area is 216 Å². The highest BCUT2D eigenvalue weighted by atomic mass is 16.4. The molecule has 0 spiro atoms. The summed E-state index contributed by atoms with van der Waals surface area (Å²) < 4.78 is 0. The van der Waals surface area contributed by atoms with Gasteiger partial charge >= 0.3 is 5.97 Å². The first-order valence-corrected chi connectivity index (χ1v) is 11.5. The van der Waals surface area contributed by atoms with Crippen LogP contribution in [-0.2, 0) is 35.2 Å². The van der Waals surface area contributed by atoms with Crippen molar-refractivity contribution in [3.8, 4) is 0 Å². The molecule has 1 aromatic carbocycles. The van der Waals surface area contributed by atoms with Gasteiger partial charge in [-0.2, -0.15) is 0 Å². The molecular weight excluding hydrogens is 502 g/mol. The Morgan fingerprint density at radius 2 is 1.47 bits per heavy atom. The number of aromatic nitrogens is 1. The topological polar surface area (TPSA) is 273 Å². The predicted octanol–water partition coefficient (Wildman–Crippen LogP) is -3.29. The summed E-state index contributed by atoms with van der Waals surface area (Å²) in [5.74, 6) is -6.05. The van der Waals surface area contributed by atoms with Gasteiger partial charge < -0.3 is 48.3 Å². The van der Waals surface area contributed by atoms with Crippen molar-refractivity contribution < 1.29 is 39.0 Å². The summed E-state index contributed by atoms with van der Waals surface area (Å²) in [6, 6.07) is 1.32. The molecule has 4 atom stereocenters. The van der Waals surface area contributed by atoms with Gasteiger partial charge in [-0.05, 0) is 18.1 Å². The lowest BCUT2D eigenvalue weighted by Gasteiger charge is -2.24. The third kappa shape index (κ3) is 8.56. The number of carboxylic acids is 1. The Morgan fingerprint density at radius 1 is 0.868 bits per heavy atom. The number of aliphatic hydroxyl groups excluding tert-OH is 1. The van der Waals surface area contributed by atoms with Crippen LogP contribution in [-0.4, -0.2) is 81.5 Å². The molecule has 15 heteroatoms. The molecule has 15 nitrogen and oxygen atoms in total. The highest BCUT2D eigenvalue weighted by molar-refractivity contribution is 5.96. The minimum Gasteiger partial charge on any atom is -0.480 e. The van der Waals surface area contributed by atoms with Gasteiger partial charge in [-0.15, -0.1) is 0 Å². The maximum atomic E-state index is 13.0. The second kappa shape index (κ2) is 13.7. The van der Waals surface area contributed by atoms with E-state index in [4.69, 9.17) is 22.3 Å².